The summed E-state index contributed by atoms with van der Waals surface area (Å²) in [4.78, 5) is 12.0. The van der Waals surface area contributed by atoms with Crippen LogP contribution in [0.15, 0.2) is 24.3 Å². The highest BCUT2D eigenvalue weighted by Crippen LogP contribution is 2.21. The molecule has 1 aromatic carbocycles. The molecular weight excluding hydrogens is 254 g/mol. The largest absolute Gasteiger partial charge is 0.497 e. The Labute approximate surface area is 121 Å². The first-order valence-electron chi connectivity index (χ1n) is 7.14. The zero-order valence-electron chi connectivity index (χ0n) is 12.6. The van der Waals surface area contributed by atoms with Gasteiger partial charge in [0.15, 0.2) is 0 Å². The van der Waals surface area contributed by atoms with Crippen LogP contribution in [0.25, 0.3) is 0 Å². The Morgan fingerprint density at radius 2 is 2.00 bits per heavy atom. The number of rotatable bonds is 8. The predicted octanol–water partition coefficient (Wildman–Crippen LogP) is 2.47. The van der Waals surface area contributed by atoms with Crippen LogP contribution in [0.5, 0.6) is 5.75 Å². The highest BCUT2D eigenvalue weighted by atomic mass is 16.5. The van der Waals surface area contributed by atoms with Crippen LogP contribution in [0.4, 0.5) is 0 Å². The molecule has 0 aliphatic rings. The Balaban J connectivity index is 2.51. The number of amides is 1. The molecule has 0 radical (unpaired) electrons. The molecule has 1 aromatic rings. The Hall–Kier alpha value is -1.55. The van der Waals surface area contributed by atoms with Crippen molar-refractivity contribution in [3.05, 3.63) is 29.8 Å². The van der Waals surface area contributed by atoms with Crippen LogP contribution >= 0.6 is 0 Å². The van der Waals surface area contributed by atoms with Crippen molar-refractivity contribution in [1.29, 1.82) is 0 Å². The number of nitrogens with one attached hydrogen (secondary N) is 1. The summed E-state index contributed by atoms with van der Waals surface area (Å²) in [5.41, 5.74) is 1.12. The van der Waals surface area contributed by atoms with Gasteiger partial charge in [0.05, 0.1) is 7.11 Å². The third-order valence-electron chi connectivity index (χ3n) is 3.51. The van der Waals surface area contributed by atoms with Crippen molar-refractivity contribution in [1.82, 2.24) is 5.32 Å². The monoisotopic (exact) mass is 279 g/mol. The van der Waals surface area contributed by atoms with Crippen LogP contribution < -0.4 is 10.1 Å². The summed E-state index contributed by atoms with van der Waals surface area (Å²) in [7, 11) is 1.64. The minimum Gasteiger partial charge on any atom is -0.497 e. The van der Waals surface area contributed by atoms with Crippen LogP contribution in [-0.4, -0.2) is 30.8 Å². The fourth-order valence-corrected chi connectivity index (χ4v) is 2.15. The van der Waals surface area contributed by atoms with E-state index in [4.69, 9.17) is 9.84 Å². The summed E-state index contributed by atoms with van der Waals surface area (Å²) in [6, 6.07) is 7.86. The maximum atomic E-state index is 12.0. The number of ether oxygens (including phenoxy) is 1. The molecule has 4 heteroatoms. The molecule has 0 aliphatic carbocycles. The second kappa shape index (κ2) is 8.59. The third kappa shape index (κ3) is 5.21. The lowest BCUT2D eigenvalue weighted by molar-refractivity contribution is -0.122. The van der Waals surface area contributed by atoms with E-state index in [2.05, 4.69) is 5.32 Å². The number of aliphatic hydroxyl groups excluding tert-OH is 1. The standard InChI is InChI=1S/C16H25NO3/c1-4-14(9-10-18)17-16(19)11-12(2)13-5-7-15(20-3)8-6-13/h5-8,12,14,18H,4,9-11H2,1-3H3,(H,17,19). The van der Waals surface area contributed by atoms with Gasteiger partial charge in [-0.15, -0.1) is 0 Å². The highest BCUT2D eigenvalue weighted by Gasteiger charge is 2.14. The van der Waals surface area contributed by atoms with Crippen LogP contribution in [0.1, 0.15) is 44.6 Å². The molecule has 0 aromatic heterocycles. The molecule has 2 unspecified atom stereocenters. The van der Waals surface area contributed by atoms with Crippen LogP contribution in [-0.2, 0) is 4.79 Å². The van der Waals surface area contributed by atoms with E-state index in [0.29, 0.717) is 12.8 Å². The Morgan fingerprint density at radius 3 is 2.50 bits per heavy atom. The summed E-state index contributed by atoms with van der Waals surface area (Å²) in [5, 5.41) is 11.9. The molecule has 2 atom stereocenters. The Kier molecular flexibility index (Phi) is 7.09. The maximum Gasteiger partial charge on any atom is 0.220 e. The second-order valence-corrected chi connectivity index (χ2v) is 5.06. The zero-order valence-corrected chi connectivity index (χ0v) is 12.6. The number of hydrogen-bond acceptors (Lipinski definition) is 3. The number of aliphatic hydroxyl groups is 1. The van der Waals surface area contributed by atoms with Gasteiger partial charge in [0, 0.05) is 19.1 Å². The molecule has 112 valence electrons. The molecule has 0 fully saturated rings. The molecule has 0 bridgehead atoms. The van der Waals surface area contributed by atoms with Gasteiger partial charge in [0.25, 0.3) is 0 Å². The first-order valence-corrected chi connectivity index (χ1v) is 7.14. The number of methoxy groups -OCH3 is 1. The van der Waals surface area contributed by atoms with E-state index in [9.17, 15) is 4.79 Å². The van der Waals surface area contributed by atoms with E-state index in [1.807, 2.05) is 38.1 Å². The first-order chi connectivity index (χ1) is 9.60. The normalized spacial score (nSPS) is 13.6. The lowest BCUT2D eigenvalue weighted by Gasteiger charge is -2.18. The molecule has 0 spiro atoms. The minimum absolute atomic E-state index is 0.0358. The van der Waals surface area contributed by atoms with Gasteiger partial charge in [-0.25, -0.2) is 0 Å². The number of carbonyl (C=O) groups excluding carboxylic acids is 1. The Bertz CT molecular complexity index is 403. The molecule has 1 rings (SSSR count). The van der Waals surface area contributed by atoms with E-state index in [0.717, 1.165) is 17.7 Å². The summed E-state index contributed by atoms with van der Waals surface area (Å²) in [6.45, 7) is 4.15. The van der Waals surface area contributed by atoms with Crippen molar-refractivity contribution in [2.24, 2.45) is 0 Å². The third-order valence-corrected chi connectivity index (χ3v) is 3.51. The van der Waals surface area contributed by atoms with Crippen LogP contribution in [0.3, 0.4) is 0 Å². The second-order valence-electron chi connectivity index (χ2n) is 5.06. The van der Waals surface area contributed by atoms with Crippen molar-refractivity contribution in [3.8, 4) is 5.75 Å². The topological polar surface area (TPSA) is 58.6 Å². The van der Waals surface area contributed by atoms with Gasteiger partial charge in [-0.1, -0.05) is 26.0 Å². The summed E-state index contributed by atoms with van der Waals surface area (Å²) in [6.07, 6.45) is 1.90. The quantitative estimate of drug-likeness (QED) is 0.768. The lowest BCUT2D eigenvalue weighted by Crippen LogP contribution is -2.35. The maximum absolute atomic E-state index is 12.0. The lowest BCUT2D eigenvalue weighted by atomic mass is 9.97. The van der Waals surface area contributed by atoms with E-state index in [1.54, 1.807) is 7.11 Å². The zero-order chi connectivity index (χ0) is 15.0. The van der Waals surface area contributed by atoms with Gasteiger partial charge in [-0.2, -0.15) is 0 Å². The number of hydrogen-bond donors (Lipinski definition) is 2. The molecule has 1 amide bonds. The highest BCUT2D eigenvalue weighted by molar-refractivity contribution is 5.77. The smallest absolute Gasteiger partial charge is 0.220 e. The predicted molar refractivity (Wildman–Crippen MR) is 80.0 cm³/mol. The number of carbonyl (C=O) groups is 1. The molecular formula is C16H25NO3. The Morgan fingerprint density at radius 1 is 1.35 bits per heavy atom. The molecule has 0 saturated heterocycles. The average molecular weight is 279 g/mol. The van der Waals surface area contributed by atoms with Crippen molar-refractivity contribution < 1.29 is 14.6 Å². The average Bonchev–Trinajstić information content (AvgIpc) is 2.46. The van der Waals surface area contributed by atoms with E-state index in [1.165, 1.54) is 0 Å². The molecule has 4 nitrogen and oxygen atoms in total. The van der Waals surface area contributed by atoms with Crippen molar-refractivity contribution in [2.45, 2.75) is 45.1 Å². The molecule has 0 saturated carbocycles. The van der Waals surface area contributed by atoms with Gasteiger partial charge in [0.2, 0.25) is 5.91 Å². The van der Waals surface area contributed by atoms with Gasteiger partial charge in [-0.05, 0) is 36.5 Å². The van der Waals surface area contributed by atoms with Crippen LogP contribution in [0.2, 0.25) is 0 Å². The van der Waals surface area contributed by atoms with Crippen LogP contribution in [0, 0.1) is 0 Å². The molecule has 0 heterocycles. The summed E-state index contributed by atoms with van der Waals surface area (Å²) < 4.78 is 5.12. The van der Waals surface area contributed by atoms with E-state index >= 15 is 0 Å². The van der Waals surface area contributed by atoms with Crippen molar-refractivity contribution in [3.63, 3.8) is 0 Å². The minimum atomic E-state index is 0.0358. The molecule has 0 aliphatic heterocycles. The molecule has 2 N–H and O–H groups in total. The molecule has 20 heavy (non-hydrogen) atoms. The number of benzene rings is 1. The van der Waals surface area contributed by atoms with Gasteiger partial charge >= 0.3 is 0 Å². The summed E-state index contributed by atoms with van der Waals surface area (Å²) >= 11 is 0. The fraction of sp³-hybridized carbons (Fsp3) is 0.562. The van der Waals surface area contributed by atoms with E-state index < -0.39 is 0 Å². The van der Waals surface area contributed by atoms with Crippen molar-refractivity contribution in [2.75, 3.05) is 13.7 Å². The van der Waals surface area contributed by atoms with Crippen molar-refractivity contribution >= 4 is 5.91 Å². The van der Waals surface area contributed by atoms with Gasteiger partial charge in [0.1, 0.15) is 5.75 Å². The van der Waals surface area contributed by atoms with Gasteiger partial charge < -0.3 is 15.2 Å². The summed E-state index contributed by atoms with van der Waals surface area (Å²) in [5.74, 6) is 1.01. The first kappa shape index (κ1) is 16.5. The van der Waals surface area contributed by atoms with Gasteiger partial charge in [-0.3, -0.25) is 4.79 Å². The fourth-order valence-electron chi connectivity index (χ4n) is 2.15. The SMILES string of the molecule is CCC(CCO)NC(=O)CC(C)c1ccc(OC)cc1. The van der Waals surface area contributed by atoms with E-state index in [-0.39, 0.29) is 24.5 Å².